The number of ether oxygens (including phenoxy) is 1. The number of nitrogens with one attached hydrogen (secondary N) is 1. The first-order valence-electron chi connectivity index (χ1n) is 10.1. The third kappa shape index (κ3) is 7.24. The molecule has 1 N–H and O–H groups in total. The van der Waals surface area contributed by atoms with Gasteiger partial charge in [0.1, 0.15) is 0 Å². The number of hydrogen-bond acceptors (Lipinski definition) is 4. The fraction of sp³-hybridized carbons (Fsp3) is 0.950. The standard InChI is InChI=1S/C16H31N3O2.C4H10.H2/c1-13(2)9-17-15(20)16(5-7-18(3)8-6-16)12-19-10-14(11-19)21-4;1-3-4-2;/h13-14H,5-12H2,1-4H3,(H,17,20);3-4H2,1-2H3;1H. The molecule has 2 rings (SSSR count). The third-order valence-corrected chi connectivity index (χ3v) is 5.38. The minimum atomic E-state index is -0.208. The molecule has 5 heteroatoms. The molecule has 2 saturated heterocycles. The average molecular weight is 358 g/mol. The summed E-state index contributed by atoms with van der Waals surface area (Å²) in [6, 6.07) is 0. The van der Waals surface area contributed by atoms with E-state index in [0.29, 0.717) is 12.0 Å². The van der Waals surface area contributed by atoms with Gasteiger partial charge in [-0.25, -0.2) is 0 Å². The molecule has 0 radical (unpaired) electrons. The van der Waals surface area contributed by atoms with Gasteiger partial charge in [0.2, 0.25) is 5.91 Å². The summed E-state index contributed by atoms with van der Waals surface area (Å²) in [5, 5.41) is 3.17. The zero-order valence-electron chi connectivity index (χ0n) is 17.4. The van der Waals surface area contributed by atoms with Crippen LogP contribution in [0.4, 0.5) is 0 Å². The summed E-state index contributed by atoms with van der Waals surface area (Å²) in [5.74, 6) is 0.754. The lowest BCUT2D eigenvalue weighted by Gasteiger charge is -2.47. The van der Waals surface area contributed by atoms with Gasteiger partial charge >= 0.3 is 0 Å². The first-order chi connectivity index (χ1) is 11.9. The van der Waals surface area contributed by atoms with E-state index in [9.17, 15) is 4.79 Å². The van der Waals surface area contributed by atoms with Gasteiger partial charge < -0.3 is 15.0 Å². The molecule has 0 aromatic rings. The van der Waals surface area contributed by atoms with Crippen molar-refractivity contribution in [2.24, 2.45) is 11.3 Å². The molecule has 0 aliphatic carbocycles. The summed E-state index contributed by atoms with van der Waals surface area (Å²) in [5.41, 5.74) is -0.208. The van der Waals surface area contributed by atoms with Gasteiger partial charge in [0.15, 0.2) is 0 Å². The molecular formula is C20H43N3O2. The summed E-state index contributed by atoms with van der Waals surface area (Å²) in [6.45, 7) is 14.2. The quantitative estimate of drug-likeness (QED) is 0.761. The second-order valence-corrected chi connectivity index (χ2v) is 8.24. The van der Waals surface area contributed by atoms with Gasteiger partial charge in [-0.1, -0.05) is 40.5 Å². The van der Waals surface area contributed by atoms with Gasteiger partial charge in [-0.2, -0.15) is 0 Å². The van der Waals surface area contributed by atoms with Crippen LogP contribution in [-0.2, 0) is 9.53 Å². The molecule has 0 bridgehead atoms. The van der Waals surface area contributed by atoms with E-state index >= 15 is 0 Å². The highest BCUT2D eigenvalue weighted by atomic mass is 16.5. The molecule has 2 aliphatic heterocycles. The fourth-order valence-corrected chi connectivity index (χ4v) is 3.22. The highest BCUT2D eigenvalue weighted by molar-refractivity contribution is 5.83. The number of unbranched alkanes of at least 4 members (excludes halogenated alkanes) is 1. The van der Waals surface area contributed by atoms with Crippen LogP contribution < -0.4 is 5.32 Å². The Balaban J connectivity index is 0.00000113. The van der Waals surface area contributed by atoms with Crippen LogP contribution in [0.15, 0.2) is 0 Å². The van der Waals surface area contributed by atoms with Crippen LogP contribution in [0.3, 0.4) is 0 Å². The van der Waals surface area contributed by atoms with Gasteiger partial charge in [-0.3, -0.25) is 9.69 Å². The number of piperidine rings is 1. The molecule has 0 saturated carbocycles. The summed E-state index contributed by atoms with van der Waals surface area (Å²) >= 11 is 0. The van der Waals surface area contributed by atoms with Gasteiger partial charge in [0.25, 0.3) is 0 Å². The molecular weight excluding hydrogens is 314 g/mol. The molecule has 2 aliphatic rings. The Bertz CT molecular complexity index is 377. The SMILES string of the molecule is CCCC.COC1CN(CC2(C(=O)NCC(C)C)CCN(C)CC2)C1.[HH]. The smallest absolute Gasteiger partial charge is 0.227 e. The summed E-state index contributed by atoms with van der Waals surface area (Å²) in [7, 11) is 3.91. The van der Waals surface area contributed by atoms with E-state index in [4.69, 9.17) is 4.74 Å². The van der Waals surface area contributed by atoms with Crippen LogP contribution in [0.1, 0.15) is 54.8 Å². The number of nitrogens with zero attached hydrogens (tertiary/aromatic N) is 2. The number of carbonyl (C=O) groups is 1. The maximum Gasteiger partial charge on any atom is 0.227 e. The first kappa shape index (κ1) is 22.4. The molecule has 25 heavy (non-hydrogen) atoms. The Labute approximate surface area is 156 Å². The van der Waals surface area contributed by atoms with Crippen molar-refractivity contribution >= 4 is 5.91 Å². The van der Waals surface area contributed by atoms with Crippen LogP contribution in [0, 0.1) is 11.3 Å². The predicted octanol–water partition coefficient (Wildman–Crippen LogP) is 2.85. The van der Waals surface area contributed by atoms with Crippen LogP contribution in [0.2, 0.25) is 0 Å². The van der Waals surface area contributed by atoms with E-state index in [-0.39, 0.29) is 12.7 Å². The predicted molar refractivity (Wildman–Crippen MR) is 107 cm³/mol. The lowest BCUT2D eigenvalue weighted by molar-refractivity contribution is -0.138. The third-order valence-electron chi connectivity index (χ3n) is 5.38. The molecule has 2 fully saturated rings. The van der Waals surface area contributed by atoms with Crippen molar-refractivity contribution < 1.29 is 11.0 Å². The fourth-order valence-electron chi connectivity index (χ4n) is 3.22. The van der Waals surface area contributed by atoms with Crippen LogP contribution in [0.5, 0.6) is 0 Å². The summed E-state index contributed by atoms with van der Waals surface area (Å²) < 4.78 is 5.34. The lowest BCUT2D eigenvalue weighted by Crippen LogP contribution is -2.60. The Hall–Kier alpha value is -0.650. The largest absolute Gasteiger partial charge is 0.379 e. The summed E-state index contributed by atoms with van der Waals surface area (Å²) in [6.07, 6.45) is 4.91. The van der Waals surface area contributed by atoms with E-state index in [1.54, 1.807) is 7.11 Å². The Morgan fingerprint density at radius 2 is 1.80 bits per heavy atom. The van der Waals surface area contributed by atoms with Crippen LogP contribution in [-0.4, -0.2) is 75.2 Å². The number of rotatable bonds is 7. The minimum absolute atomic E-state index is 0. The van der Waals surface area contributed by atoms with E-state index in [2.05, 4.69) is 49.9 Å². The minimum Gasteiger partial charge on any atom is -0.379 e. The first-order valence-corrected chi connectivity index (χ1v) is 10.1. The topological polar surface area (TPSA) is 44.8 Å². The van der Waals surface area contributed by atoms with Gasteiger partial charge in [0, 0.05) is 34.7 Å². The number of methoxy groups -OCH3 is 1. The monoisotopic (exact) mass is 357 g/mol. The van der Waals surface area contributed by atoms with Crippen LogP contribution in [0.25, 0.3) is 0 Å². The van der Waals surface area contributed by atoms with Crippen molar-refractivity contribution in [3.63, 3.8) is 0 Å². The van der Waals surface area contributed by atoms with Gasteiger partial charge in [-0.05, 0) is 38.9 Å². The zero-order chi connectivity index (χ0) is 18.9. The molecule has 0 aromatic heterocycles. The van der Waals surface area contributed by atoms with Gasteiger partial charge in [-0.15, -0.1) is 0 Å². The molecule has 1 amide bonds. The maximum absolute atomic E-state index is 12.8. The van der Waals surface area contributed by atoms with Crippen molar-refractivity contribution in [2.45, 2.75) is 59.5 Å². The van der Waals surface area contributed by atoms with Crippen molar-refractivity contribution in [3.8, 4) is 0 Å². The van der Waals surface area contributed by atoms with E-state index in [1.165, 1.54) is 12.8 Å². The van der Waals surface area contributed by atoms with Crippen molar-refractivity contribution in [3.05, 3.63) is 0 Å². The molecule has 0 spiro atoms. The Morgan fingerprint density at radius 1 is 1.24 bits per heavy atom. The normalized spacial score (nSPS) is 21.4. The lowest BCUT2D eigenvalue weighted by atomic mass is 9.76. The second kappa shape index (κ2) is 11.1. The van der Waals surface area contributed by atoms with Crippen LogP contribution >= 0.6 is 0 Å². The van der Waals surface area contributed by atoms with Gasteiger partial charge in [0.05, 0.1) is 11.5 Å². The zero-order valence-corrected chi connectivity index (χ0v) is 17.4. The number of carbonyl (C=O) groups excluding carboxylic acids is 1. The molecule has 2 heterocycles. The summed E-state index contributed by atoms with van der Waals surface area (Å²) in [4.78, 5) is 17.5. The second-order valence-electron chi connectivity index (χ2n) is 8.24. The molecule has 5 nitrogen and oxygen atoms in total. The van der Waals surface area contributed by atoms with Crippen molar-refractivity contribution in [1.29, 1.82) is 0 Å². The van der Waals surface area contributed by atoms with Crippen molar-refractivity contribution in [1.82, 2.24) is 15.1 Å². The highest BCUT2D eigenvalue weighted by Gasteiger charge is 2.44. The molecule has 0 atom stereocenters. The molecule has 0 unspecified atom stereocenters. The Kier molecular flexibility index (Phi) is 9.98. The number of amides is 1. The highest BCUT2D eigenvalue weighted by Crippen LogP contribution is 2.34. The van der Waals surface area contributed by atoms with E-state index < -0.39 is 0 Å². The Morgan fingerprint density at radius 3 is 2.24 bits per heavy atom. The van der Waals surface area contributed by atoms with E-state index in [0.717, 1.165) is 52.1 Å². The number of likely N-dealkylation sites (tertiary alicyclic amines) is 2. The maximum atomic E-state index is 12.8. The van der Waals surface area contributed by atoms with Crippen molar-refractivity contribution in [2.75, 3.05) is 53.4 Å². The molecule has 150 valence electrons. The van der Waals surface area contributed by atoms with E-state index in [1.807, 2.05) is 0 Å². The average Bonchev–Trinajstić information content (AvgIpc) is 2.57. The number of hydrogen-bond donors (Lipinski definition) is 1. The molecule has 0 aromatic carbocycles.